The summed E-state index contributed by atoms with van der Waals surface area (Å²) in [5, 5.41) is 2.65. The van der Waals surface area contributed by atoms with Crippen molar-refractivity contribution in [2.75, 3.05) is 20.3 Å². The maximum absolute atomic E-state index is 13.8. The van der Waals surface area contributed by atoms with E-state index in [0.29, 0.717) is 53.6 Å². The Morgan fingerprint density at radius 2 is 1.90 bits per heavy atom. The van der Waals surface area contributed by atoms with Gasteiger partial charge in [-0.05, 0) is 42.5 Å². The number of hydrogen-bond donors (Lipinski definition) is 1. The average molecular weight is 567 g/mol. The number of ketones is 2. The number of carbonyl (C=O) groups is 3. The van der Waals surface area contributed by atoms with Crippen LogP contribution >= 0.6 is 11.6 Å². The molecule has 0 spiro atoms. The van der Waals surface area contributed by atoms with Crippen LogP contribution in [0.15, 0.2) is 42.5 Å². The van der Waals surface area contributed by atoms with Gasteiger partial charge in [-0.1, -0.05) is 25.4 Å². The van der Waals surface area contributed by atoms with Crippen LogP contribution < -0.4 is 19.5 Å². The molecule has 1 unspecified atom stereocenters. The van der Waals surface area contributed by atoms with Crippen LogP contribution in [0.5, 0.6) is 17.2 Å². The molecule has 5 rings (SSSR count). The molecule has 1 fully saturated rings. The number of aromatic nitrogens is 1. The summed E-state index contributed by atoms with van der Waals surface area (Å²) in [7, 11) is 1.45. The summed E-state index contributed by atoms with van der Waals surface area (Å²) in [5.41, 5.74) is 1.90. The summed E-state index contributed by atoms with van der Waals surface area (Å²) < 4.78 is 30.9. The number of pyridine rings is 1. The van der Waals surface area contributed by atoms with Gasteiger partial charge >= 0.3 is 0 Å². The molecule has 1 atom stereocenters. The predicted octanol–water partition coefficient (Wildman–Crippen LogP) is 5.33. The summed E-state index contributed by atoms with van der Waals surface area (Å²) in [6.07, 6.45) is -0.193. The molecule has 0 aliphatic carbocycles. The smallest absolute Gasteiger partial charge is 0.261 e. The maximum Gasteiger partial charge on any atom is 0.261 e. The van der Waals surface area contributed by atoms with Gasteiger partial charge in [-0.3, -0.25) is 14.4 Å². The van der Waals surface area contributed by atoms with Crippen LogP contribution in [0.1, 0.15) is 59.5 Å². The van der Waals surface area contributed by atoms with Gasteiger partial charge in [0.2, 0.25) is 0 Å². The van der Waals surface area contributed by atoms with Crippen molar-refractivity contribution in [2.45, 2.75) is 44.6 Å². The van der Waals surface area contributed by atoms with E-state index in [2.05, 4.69) is 10.3 Å². The number of hydrogen-bond acceptors (Lipinski definition) is 7. The maximum atomic E-state index is 13.8. The van der Waals surface area contributed by atoms with E-state index >= 15 is 0 Å². The Morgan fingerprint density at radius 1 is 1.12 bits per heavy atom. The van der Waals surface area contributed by atoms with Gasteiger partial charge in [-0.25, -0.2) is 9.37 Å². The lowest BCUT2D eigenvalue weighted by Crippen LogP contribution is -2.27. The van der Waals surface area contributed by atoms with Crippen molar-refractivity contribution in [3.05, 3.63) is 70.1 Å². The number of fused-ring (bicyclic) bond motifs is 1. The van der Waals surface area contributed by atoms with Crippen LogP contribution in [-0.4, -0.2) is 48.8 Å². The second-order valence-corrected chi connectivity index (χ2v) is 10.8. The van der Waals surface area contributed by atoms with Gasteiger partial charge in [0.1, 0.15) is 23.0 Å². The molecule has 1 N–H and O–H groups in total. The van der Waals surface area contributed by atoms with E-state index in [9.17, 15) is 18.8 Å². The molecular formula is C30H28ClFN2O6. The largest absolute Gasteiger partial charge is 0.493 e. The number of amides is 1. The summed E-state index contributed by atoms with van der Waals surface area (Å²) in [4.78, 5) is 42.7. The highest BCUT2D eigenvalue weighted by molar-refractivity contribution is 6.31. The zero-order chi connectivity index (χ0) is 28.6. The molecule has 8 nitrogen and oxygen atoms in total. The first-order valence-corrected chi connectivity index (χ1v) is 13.3. The molecule has 2 aromatic carbocycles. The number of nitrogens with one attached hydrogen (secondary N) is 1. The Balaban J connectivity index is 1.35. The Kier molecular flexibility index (Phi) is 7.51. The molecule has 2 aliphatic rings. The number of methoxy groups -OCH3 is 1. The first-order chi connectivity index (χ1) is 19.1. The second-order valence-electron chi connectivity index (χ2n) is 10.4. The van der Waals surface area contributed by atoms with E-state index in [1.165, 1.54) is 25.3 Å². The summed E-state index contributed by atoms with van der Waals surface area (Å²) in [5.74, 6) is -0.111. The topological polar surface area (TPSA) is 104 Å². The Bertz CT molecular complexity index is 1520. The number of rotatable bonds is 9. The molecule has 1 amide bonds. The van der Waals surface area contributed by atoms with E-state index in [-0.39, 0.29) is 46.4 Å². The highest BCUT2D eigenvalue weighted by atomic mass is 35.5. The molecule has 1 saturated heterocycles. The van der Waals surface area contributed by atoms with Crippen LogP contribution in [0.4, 0.5) is 4.39 Å². The molecule has 3 heterocycles. The molecule has 2 aliphatic heterocycles. The van der Waals surface area contributed by atoms with Crippen molar-refractivity contribution in [2.24, 2.45) is 0 Å². The lowest BCUT2D eigenvalue weighted by Gasteiger charge is -2.16. The quantitative estimate of drug-likeness (QED) is 0.349. The third-order valence-electron chi connectivity index (χ3n) is 7.09. The average Bonchev–Trinajstić information content (AvgIpc) is 3.49. The van der Waals surface area contributed by atoms with E-state index < -0.39 is 11.9 Å². The zero-order valence-corrected chi connectivity index (χ0v) is 23.1. The Hall–Kier alpha value is -3.98. The molecule has 40 heavy (non-hydrogen) atoms. The lowest BCUT2D eigenvalue weighted by molar-refractivity contribution is -0.124. The standard InChI is InChI=1S/C30H28ClFN2O6/c1-30(2)15-39-28-18(30)14-21(34-27(28)17-4-6-20(32)19(31)12-17)23(36)8-7-22(35)16-5-9-24(26(13-16)38-3)40-25-10-11-33-29(25)37/h4-6,9,12-14,25H,7-8,10-11,15H2,1-3H3,(H,33,37). The molecule has 208 valence electrons. The molecule has 0 radical (unpaired) electrons. The Labute approximate surface area is 235 Å². The van der Waals surface area contributed by atoms with E-state index in [1.54, 1.807) is 24.3 Å². The van der Waals surface area contributed by atoms with Gasteiger partial charge in [-0.15, -0.1) is 0 Å². The molecule has 1 aromatic heterocycles. The minimum Gasteiger partial charge on any atom is -0.493 e. The van der Waals surface area contributed by atoms with Crippen molar-refractivity contribution in [1.82, 2.24) is 10.3 Å². The van der Waals surface area contributed by atoms with E-state index in [4.69, 9.17) is 25.8 Å². The Morgan fingerprint density at radius 3 is 2.60 bits per heavy atom. The SMILES string of the molecule is COc1cc(C(=O)CCC(=O)c2cc3c(c(-c4ccc(F)c(Cl)c4)n2)OCC3(C)C)ccc1OC1CCNC1=O. The molecule has 0 saturated carbocycles. The third-order valence-corrected chi connectivity index (χ3v) is 7.38. The summed E-state index contributed by atoms with van der Waals surface area (Å²) >= 11 is 6.01. The van der Waals surface area contributed by atoms with Gasteiger partial charge in [0, 0.05) is 47.9 Å². The zero-order valence-electron chi connectivity index (χ0n) is 22.3. The predicted molar refractivity (Wildman–Crippen MR) is 146 cm³/mol. The summed E-state index contributed by atoms with van der Waals surface area (Å²) in [6.45, 7) is 4.93. The summed E-state index contributed by atoms with van der Waals surface area (Å²) in [6, 6.07) is 10.6. The van der Waals surface area contributed by atoms with Crippen molar-refractivity contribution in [1.29, 1.82) is 0 Å². The van der Waals surface area contributed by atoms with Gasteiger partial charge < -0.3 is 19.5 Å². The highest BCUT2D eigenvalue weighted by Gasteiger charge is 2.36. The second kappa shape index (κ2) is 10.9. The monoisotopic (exact) mass is 566 g/mol. The third kappa shape index (κ3) is 5.38. The van der Waals surface area contributed by atoms with Gasteiger partial charge in [0.15, 0.2) is 29.2 Å². The van der Waals surface area contributed by atoms with Crippen LogP contribution in [0, 0.1) is 5.82 Å². The van der Waals surface area contributed by atoms with E-state index in [1.807, 2.05) is 13.8 Å². The molecular weight excluding hydrogens is 539 g/mol. The van der Waals surface area contributed by atoms with Gasteiger partial charge in [0.05, 0.1) is 18.7 Å². The van der Waals surface area contributed by atoms with Gasteiger partial charge in [-0.2, -0.15) is 0 Å². The fourth-order valence-electron chi connectivity index (χ4n) is 4.77. The fourth-order valence-corrected chi connectivity index (χ4v) is 4.95. The van der Waals surface area contributed by atoms with Crippen molar-refractivity contribution < 1.29 is 33.0 Å². The molecule has 10 heteroatoms. The first kappa shape index (κ1) is 27.6. The number of ether oxygens (including phenoxy) is 3. The highest BCUT2D eigenvalue weighted by Crippen LogP contribution is 2.44. The minimum absolute atomic E-state index is 0.0520. The van der Waals surface area contributed by atoms with Crippen LogP contribution in [-0.2, 0) is 10.2 Å². The van der Waals surface area contributed by atoms with Crippen LogP contribution in [0.3, 0.4) is 0 Å². The molecule has 0 bridgehead atoms. The van der Waals surface area contributed by atoms with Gasteiger partial charge in [0.25, 0.3) is 5.91 Å². The number of benzene rings is 2. The van der Waals surface area contributed by atoms with Crippen LogP contribution in [0.2, 0.25) is 5.02 Å². The lowest BCUT2D eigenvalue weighted by atomic mass is 9.85. The van der Waals surface area contributed by atoms with Crippen molar-refractivity contribution in [3.8, 4) is 28.5 Å². The fraction of sp³-hybridized carbons (Fsp3) is 0.333. The van der Waals surface area contributed by atoms with E-state index in [0.717, 1.165) is 5.56 Å². The number of carbonyl (C=O) groups excluding carboxylic acids is 3. The number of Topliss-reactive ketones (excluding diaryl/α,β-unsaturated/α-hetero) is 2. The van der Waals surface area contributed by atoms with Crippen molar-refractivity contribution in [3.63, 3.8) is 0 Å². The van der Waals surface area contributed by atoms with Crippen LogP contribution in [0.25, 0.3) is 11.3 Å². The van der Waals surface area contributed by atoms with Crippen molar-refractivity contribution >= 4 is 29.1 Å². The minimum atomic E-state index is -0.612. The number of nitrogens with zero attached hydrogens (tertiary/aromatic N) is 1. The molecule has 3 aromatic rings. The first-order valence-electron chi connectivity index (χ1n) is 12.9. The number of halogens is 2. The normalized spacial score (nSPS) is 17.1.